The maximum Gasteiger partial charge on any atom is 0.337 e. The quantitative estimate of drug-likeness (QED) is 0.273. The first-order valence-electron chi connectivity index (χ1n) is 11.5. The van der Waals surface area contributed by atoms with E-state index in [9.17, 15) is 19.5 Å². The number of nitrogens with one attached hydrogen (secondary N) is 1. The van der Waals surface area contributed by atoms with E-state index in [1.165, 1.54) is 31.4 Å². The number of carbonyl (C=O) groups is 3. The molecule has 192 valence electrons. The lowest BCUT2D eigenvalue weighted by atomic mass is 10.0. The van der Waals surface area contributed by atoms with Crippen LogP contribution in [0.4, 0.5) is 11.4 Å². The number of halogens is 1. The van der Waals surface area contributed by atoms with Crippen LogP contribution in [0, 0.1) is 0 Å². The Hall–Kier alpha value is -4.69. The summed E-state index contributed by atoms with van der Waals surface area (Å²) in [7, 11) is 3.39. The summed E-state index contributed by atoms with van der Waals surface area (Å²) < 4.78 is 5.13. The minimum Gasteiger partial charge on any atom is -0.497 e. The van der Waals surface area contributed by atoms with Gasteiger partial charge in [-0.2, -0.15) is 0 Å². The van der Waals surface area contributed by atoms with Crippen LogP contribution in [0.1, 0.15) is 42.3 Å². The Labute approximate surface area is 224 Å². The van der Waals surface area contributed by atoms with E-state index in [4.69, 9.17) is 16.3 Å². The Bertz CT molecular complexity index is 1490. The van der Waals surface area contributed by atoms with Crippen molar-refractivity contribution in [3.8, 4) is 5.75 Å². The molecule has 0 aliphatic heterocycles. The summed E-state index contributed by atoms with van der Waals surface area (Å²) in [6.07, 6.45) is 1.59. The zero-order valence-corrected chi connectivity index (χ0v) is 21.4. The summed E-state index contributed by atoms with van der Waals surface area (Å²) in [5.74, 6) is -1.74. The molecule has 3 aromatic carbocycles. The van der Waals surface area contributed by atoms with Gasteiger partial charge in [0.25, 0.3) is 5.91 Å². The molecule has 0 bridgehead atoms. The van der Waals surface area contributed by atoms with E-state index in [0.717, 1.165) is 11.3 Å². The van der Waals surface area contributed by atoms with Crippen LogP contribution in [0.5, 0.6) is 5.75 Å². The van der Waals surface area contributed by atoms with Crippen molar-refractivity contribution < 1.29 is 24.2 Å². The molecule has 0 saturated heterocycles. The Kier molecular flexibility index (Phi) is 8.03. The molecule has 4 aromatic rings. The number of methoxy groups -OCH3 is 1. The number of anilines is 2. The summed E-state index contributed by atoms with van der Waals surface area (Å²) in [5.41, 5.74) is 2.32. The van der Waals surface area contributed by atoms with Crippen LogP contribution >= 0.6 is 11.6 Å². The molecule has 9 heteroatoms. The first-order valence-corrected chi connectivity index (χ1v) is 11.9. The van der Waals surface area contributed by atoms with Gasteiger partial charge in [-0.25, -0.2) is 4.79 Å². The fourth-order valence-corrected chi connectivity index (χ4v) is 3.91. The Morgan fingerprint density at radius 2 is 1.74 bits per heavy atom. The molecule has 0 aliphatic rings. The normalized spacial score (nSPS) is 10.5. The summed E-state index contributed by atoms with van der Waals surface area (Å²) in [6.45, 7) is 0.622. The van der Waals surface area contributed by atoms with Gasteiger partial charge in [-0.05, 0) is 66.2 Å². The van der Waals surface area contributed by atoms with E-state index in [2.05, 4.69) is 10.3 Å². The number of hydrogen-bond donors (Lipinski definition) is 2. The van der Waals surface area contributed by atoms with E-state index in [-0.39, 0.29) is 22.5 Å². The number of hydrogen-bond acceptors (Lipinski definition) is 6. The molecule has 0 fully saturated rings. The van der Waals surface area contributed by atoms with Gasteiger partial charge in [0.2, 0.25) is 5.78 Å². The van der Waals surface area contributed by atoms with Crippen LogP contribution in [-0.2, 0) is 6.54 Å². The molecule has 0 unspecified atom stereocenters. The van der Waals surface area contributed by atoms with Gasteiger partial charge >= 0.3 is 5.97 Å². The Morgan fingerprint density at radius 1 is 0.974 bits per heavy atom. The molecule has 1 amide bonds. The number of rotatable bonds is 9. The minimum atomic E-state index is -1.28. The van der Waals surface area contributed by atoms with Crippen LogP contribution in [0.15, 0.2) is 85.1 Å². The van der Waals surface area contributed by atoms with Crippen molar-refractivity contribution >= 4 is 40.6 Å². The van der Waals surface area contributed by atoms with E-state index in [1.54, 1.807) is 36.5 Å². The molecule has 8 nitrogen and oxygen atoms in total. The number of aromatic nitrogens is 1. The second-order valence-electron chi connectivity index (χ2n) is 8.46. The van der Waals surface area contributed by atoms with Gasteiger partial charge in [0.05, 0.1) is 30.2 Å². The smallest absolute Gasteiger partial charge is 0.337 e. The van der Waals surface area contributed by atoms with Crippen LogP contribution in [0.2, 0.25) is 5.02 Å². The van der Waals surface area contributed by atoms with E-state index in [0.29, 0.717) is 22.9 Å². The standard InChI is InChI=1S/C29H24ClN3O5/c1-33(17-18-6-9-21(30)10-7-18)22-11-13-26(31-16-22)27(34)19-8-12-25(24(15-19)29(36)37)32-28(35)20-4-3-5-23(14-20)38-2/h3-16H,17H2,1-2H3,(H,32,35)(H,36,37). The van der Waals surface area contributed by atoms with Crippen LogP contribution in [0.3, 0.4) is 0 Å². The van der Waals surface area contributed by atoms with Crippen molar-refractivity contribution in [3.05, 3.63) is 118 Å². The summed E-state index contributed by atoms with van der Waals surface area (Å²) >= 11 is 5.95. The highest BCUT2D eigenvalue weighted by Gasteiger charge is 2.19. The monoisotopic (exact) mass is 529 g/mol. The number of carboxylic acid groups (broad SMARTS) is 1. The largest absolute Gasteiger partial charge is 0.497 e. The molecular weight excluding hydrogens is 506 g/mol. The predicted molar refractivity (Wildman–Crippen MR) is 146 cm³/mol. The maximum absolute atomic E-state index is 13.1. The van der Waals surface area contributed by atoms with Crippen LogP contribution in [0.25, 0.3) is 0 Å². The van der Waals surface area contributed by atoms with Gasteiger partial charge in [0.15, 0.2) is 0 Å². The summed E-state index contributed by atoms with van der Waals surface area (Å²) in [6, 6.07) is 21.4. The molecular formula is C29H24ClN3O5. The van der Waals surface area contributed by atoms with Gasteiger partial charge in [0.1, 0.15) is 11.4 Å². The van der Waals surface area contributed by atoms with Gasteiger partial charge < -0.3 is 20.1 Å². The number of amides is 1. The van der Waals surface area contributed by atoms with Crippen LogP contribution in [-0.4, -0.2) is 41.9 Å². The number of carboxylic acids is 1. The number of carbonyl (C=O) groups excluding carboxylic acids is 2. The van der Waals surface area contributed by atoms with Crippen molar-refractivity contribution in [2.45, 2.75) is 6.54 Å². The highest BCUT2D eigenvalue weighted by Crippen LogP contribution is 2.23. The number of aromatic carboxylic acids is 1. The summed E-state index contributed by atoms with van der Waals surface area (Å²) in [5, 5.41) is 13.0. The van der Waals surface area contributed by atoms with Gasteiger partial charge in [-0.3, -0.25) is 14.6 Å². The minimum absolute atomic E-state index is 0.0639. The first kappa shape index (κ1) is 26.4. The molecule has 0 radical (unpaired) electrons. The Morgan fingerprint density at radius 3 is 2.39 bits per heavy atom. The third kappa shape index (κ3) is 6.16. The highest BCUT2D eigenvalue weighted by atomic mass is 35.5. The average Bonchev–Trinajstić information content (AvgIpc) is 2.94. The molecule has 1 aromatic heterocycles. The zero-order valence-electron chi connectivity index (χ0n) is 20.6. The number of ether oxygens (including phenoxy) is 1. The fourth-order valence-electron chi connectivity index (χ4n) is 3.78. The van der Waals surface area contributed by atoms with Gasteiger partial charge in [0, 0.05) is 29.7 Å². The first-order chi connectivity index (χ1) is 18.2. The lowest BCUT2D eigenvalue weighted by molar-refractivity contribution is 0.0698. The SMILES string of the molecule is COc1cccc(C(=O)Nc2ccc(C(=O)c3ccc(N(C)Cc4ccc(Cl)cc4)cn3)cc2C(=O)O)c1. The lowest BCUT2D eigenvalue weighted by Crippen LogP contribution is -2.17. The second kappa shape index (κ2) is 11.6. The number of ketones is 1. The second-order valence-corrected chi connectivity index (χ2v) is 8.90. The topological polar surface area (TPSA) is 109 Å². The van der Waals surface area contributed by atoms with E-state index >= 15 is 0 Å². The lowest BCUT2D eigenvalue weighted by Gasteiger charge is -2.19. The number of pyridine rings is 1. The van der Waals surface area contributed by atoms with Crippen molar-refractivity contribution in [1.82, 2.24) is 4.98 Å². The fraction of sp³-hybridized carbons (Fsp3) is 0.103. The molecule has 0 atom stereocenters. The Balaban J connectivity index is 1.50. The molecule has 0 aliphatic carbocycles. The maximum atomic E-state index is 13.1. The van der Waals surface area contributed by atoms with E-state index in [1.807, 2.05) is 36.2 Å². The van der Waals surface area contributed by atoms with Gasteiger partial charge in [-0.15, -0.1) is 0 Å². The predicted octanol–water partition coefficient (Wildman–Crippen LogP) is 5.56. The van der Waals surface area contributed by atoms with Crippen molar-refractivity contribution in [2.75, 3.05) is 24.4 Å². The average molecular weight is 530 g/mol. The third-order valence-corrected chi connectivity index (χ3v) is 6.10. The highest BCUT2D eigenvalue weighted by molar-refractivity contribution is 6.30. The van der Waals surface area contributed by atoms with Crippen molar-refractivity contribution in [3.63, 3.8) is 0 Å². The molecule has 1 heterocycles. The van der Waals surface area contributed by atoms with E-state index < -0.39 is 17.7 Å². The molecule has 2 N–H and O–H groups in total. The molecule has 38 heavy (non-hydrogen) atoms. The summed E-state index contributed by atoms with van der Waals surface area (Å²) in [4.78, 5) is 43.9. The number of nitrogens with zero attached hydrogens (tertiary/aromatic N) is 2. The van der Waals surface area contributed by atoms with Gasteiger partial charge in [-0.1, -0.05) is 29.8 Å². The zero-order chi connectivity index (χ0) is 27.2. The van der Waals surface area contributed by atoms with Crippen molar-refractivity contribution in [2.24, 2.45) is 0 Å². The molecule has 0 saturated carbocycles. The number of benzene rings is 3. The van der Waals surface area contributed by atoms with Crippen LogP contribution < -0.4 is 15.0 Å². The molecule has 0 spiro atoms. The molecule has 4 rings (SSSR count). The third-order valence-electron chi connectivity index (χ3n) is 5.85. The van der Waals surface area contributed by atoms with Crippen molar-refractivity contribution in [1.29, 1.82) is 0 Å².